The van der Waals surface area contributed by atoms with E-state index in [4.69, 9.17) is 0 Å². The van der Waals surface area contributed by atoms with Gasteiger partial charge in [-0.15, -0.1) is 11.3 Å². The van der Waals surface area contributed by atoms with Gasteiger partial charge in [0.1, 0.15) is 0 Å². The molecule has 0 aromatic carbocycles. The molecule has 2 aromatic heterocycles. The van der Waals surface area contributed by atoms with E-state index in [0.717, 1.165) is 19.3 Å². The number of carbonyl (C=O) groups is 1. The molecule has 1 atom stereocenters. The molecule has 1 unspecified atom stereocenters. The zero-order chi connectivity index (χ0) is 15.4. The zero-order valence-corrected chi connectivity index (χ0v) is 13.8. The smallest absolute Gasteiger partial charge is 0.226 e. The summed E-state index contributed by atoms with van der Waals surface area (Å²) in [4.78, 5) is 16.2. The molecule has 2 heterocycles. The summed E-state index contributed by atoms with van der Waals surface area (Å²) in [6.07, 6.45) is 9.25. The number of carbonyl (C=O) groups excluding carboxylic acids is 1. The molecule has 1 amide bonds. The summed E-state index contributed by atoms with van der Waals surface area (Å²) in [5.41, 5.74) is 1.18. The Balaban J connectivity index is 1.77. The van der Waals surface area contributed by atoms with Crippen LogP contribution in [0.15, 0.2) is 48.0 Å². The molecule has 4 heteroatoms. The van der Waals surface area contributed by atoms with Crippen LogP contribution in [0.3, 0.4) is 0 Å². The minimum Gasteiger partial charge on any atom is -0.353 e. The first-order valence-electron chi connectivity index (χ1n) is 7.80. The van der Waals surface area contributed by atoms with E-state index in [1.54, 1.807) is 11.3 Å². The number of amides is 1. The lowest BCUT2D eigenvalue weighted by Crippen LogP contribution is -2.36. The highest BCUT2D eigenvalue weighted by atomic mass is 32.1. The standard InChI is InChI=1S/C18H22N2OS/c1-19-11-5-9-16(19)13-20(14-17-10-6-12-22-17)18(21)15-7-3-2-4-8-15/h2-3,5-6,9-12,15H,4,7-8,13-14H2,1H3. The Morgan fingerprint density at radius 3 is 2.86 bits per heavy atom. The maximum atomic E-state index is 12.9. The molecule has 3 rings (SSSR count). The van der Waals surface area contributed by atoms with Crippen LogP contribution in [0.2, 0.25) is 0 Å². The van der Waals surface area contributed by atoms with Gasteiger partial charge in [0.05, 0.1) is 13.1 Å². The molecular formula is C18H22N2OS. The molecule has 0 saturated carbocycles. The van der Waals surface area contributed by atoms with Gasteiger partial charge in [0.25, 0.3) is 0 Å². The molecule has 0 aliphatic heterocycles. The summed E-state index contributed by atoms with van der Waals surface area (Å²) in [5.74, 6) is 0.434. The van der Waals surface area contributed by atoms with Gasteiger partial charge in [0, 0.05) is 29.7 Å². The minimum atomic E-state index is 0.144. The predicted octanol–water partition coefficient (Wildman–Crippen LogP) is 3.97. The third-order valence-electron chi connectivity index (χ3n) is 4.26. The van der Waals surface area contributed by atoms with E-state index in [1.165, 1.54) is 10.6 Å². The van der Waals surface area contributed by atoms with Crippen molar-refractivity contribution in [2.75, 3.05) is 0 Å². The predicted molar refractivity (Wildman–Crippen MR) is 90.5 cm³/mol. The summed E-state index contributed by atoms with van der Waals surface area (Å²) in [7, 11) is 2.03. The number of aromatic nitrogens is 1. The lowest BCUT2D eigenvalue weighted by molar-refractivity contribution is -0.137. The number of nitrogens with zero attached hydrogens (tertiary/aromatic N) is 2. The first-order valence-corrected chi connectivity index (χ1v) is 8.68. The lowest BCUT2D eigenvalue weighted by Gasteiger charge is -2.28. The molecule has 0 saturated heterocycles. The van der Waals surface area contributed by atoms with Crippen molar-refractivity contribution in [3.63, 3.8) is 0 Å². The van der Waals surface area contributed by atoms with Gasteiger partial charge in [-0.2, -0.15) is 0 Å². The van der Waals surface area contributed by atoms with Crippen molar-refractivity contribution < 1.29 is 4.79 Å². The topological polar surface area (TPSA) is 25.2 Å². The summed E-state index contributed by atoms with van der Waals surface area (Å²) < 4.78 is 2.09. The van der Waals surface area contributed by atoms with Gasteiger partial charge in [-0.3, -0.25) is 4.79 Å². The monoisotopic (exact) mass is 314 g/mol. The second-order valence-corrected chi connectivity index (χ2v) is 6.90. The van der Waals surface area contributed by atoms with Crippen LogP contribution in [-0.4, -0.2) is 15.4 Å². The van der Waals surface area contributed by atoms with E-state index < -0.39 is 0 Å². The third-order valence-corrected chi connectivity index (χ3v) is 5.12. The molecule has 0 radical (unpaired) electrons. The molecule has 116 valence electrons. The van der Waals surface area contributed by atoms with E-state index >= 15 is 0 Å². The molecular weight excluding hydrogens is 292 g/mol. The average Bonchev–Trinajstić information content (AvgIpc) is 3.19. The zero-order valence-electron chi connectivity index (χ0n) is 12.9. The summed E-state index contributed by atoms with van der Waals surface area (Å²) in [5, 5.41) is 2.07. The van der Waals surface area contributed by atoms with E-state index in [-0.39, 0.29) is 5.92 Å². The fourth-order valence-electron chi connectivity index (χ4n) is 2.93. The average molecular weight is 314 g/mol. The molecule has 0 N–H and O–H groups in total. The van der Waals surface area contributed by atoms with Crippen LogP contribution < -0.4 is 0 Å². The highest BCUT2D eigenvalue weighted by molar-refractivity contribution is 7.09. The van der Waals surface area contributed by atoms with Gasteiger partial charge in [-0.25, -0.2) is 0 Å². The third kappa shape index (κ3) is 3.50. The van der Waals surface area contributed by atoms with Gasteiger partial charge >= 0.3 is 0 Å². The fraction of sp³-hybridized carbons (Fsp3) is 0.389. The van der Waals surface area contributed by atoms with Crippen LogP contribution in [0.4, 0.5) is 0 Å². The van der Waals surface area contributed by atoms with Crippen LogP contribution in [-0.2, 0) is 24.9 Å². The van der Waals surface area contributed by atoms with Crippen molar-refractivity contribution in [2.45, 2.75) is 32.4 Å². The van der Waals surface area contributed by atoms with E-state index in [9.17, 15) is 4.79 Å². The number of hydrogen-bond acceptors (Lipinski definition) is 2. The maximum absolute atomic E-state index is 12.9. The first kappa shape index (κ1) is 15.1. The van der Waals surface area contributed by atoms with Crippen LogP contribution in [0.25, 0.3) is 0 Å². The van der Waals surface area contributed by atoms with Crippen molar-refractivity contribution in [3.8, 4) is 0 Å². The molecule has 1 aliphatic rings. The molecule has 0 spiro atoms. The maximum Gasteiger partial charge on any atom is 0.226 e. The Bertz CT molecular complexity index is 642. The van der Waals surface area contributed by atoms with Gasteiger partial charge < -0.3 is 9.47 Å². The summed E-state index contributed by atoms with van der Waals surface area (Å²) >= 11 is 1.72. The Morgan fingerprint density at radius 2 is 2.23 bits per heavy atom. The number of thiophene rings is 1. The quantitative estimate of drug-likeness (QED) is 0.767. The van der Waals surface area contributed by atoms with E-state index in [1.807, 2.05) is 24.2 Å². The highest BCUT2D eigenvalue weighted by Gasteiger charge is 2.25. The molecule has 1 aliphatic carbocycles. The molecule has 3 nitrogen and oxygen atoms in total. The molecule has 22 heavy (non-hydrogen) atoms. The molecule has 0 fully saturated rings. The number of hydrogen-bond donors (Lipinski definition) is 0. The second-order valence-electron chi connectivity index (χ2n) is 5.87. The number of aryl methyl sites for hydroxylation is 1. The normalized spacial score (nSPS) is 17.6. The lowest BCUT2D eigenvalue weighted by atomic mass is 9.93. The molecule has 2 aromatic rings. The number of allylic oxidation sites excluding steroid dienone is 2. The summed E-state index contributed by atoms with van der Waals surface area (Å²) in [6.45, 7) is 1.39. The van der Waals surface area contributed by atoms with Gasteiger partial charge in [0.15, 0.2) is 0 Å². The van der Waals surface area contributed by atoms with E-state index in [0.29, 0.717) is 19.0 Å². The van der Waals surface area contributed by atoms with Crippen LogP contribution in [0.5, 0.6) is 0 Å². The first-order chi connectivity index (χ1) is 10.7. The molecule has 0 bridgehead atoms. The van der Waals surface area contributed by atoms with Gasteiger partial charge in [-0.1, -0.05) is 18.2 Å². The van der Waals surface area contributed by atoms with Crippen LogP contribution in [0, 0.1) is 5.92 Å². The SMILES string of the molecule is Cn1cccc1CN(Cc1cccs1)C(=O)C1CC=CCC1. The largest absolute Gasteiger partial charge is 0.353 e. The van der Waals surface area contributed by atoms with Crippen molar-refractivity contribution in [3.05, 3.63) is 58.6 Å². The minimum absolute atomic E-state index is 0.144. The van der Waals surface area contributed by atoms with Crippen molar-refractivity contribution in [1.29, 1.82) is 0 Å². The number of rotatable bonds is 5. The Labute approximate surface area is 135 Å². The summed E-state index contributed by atoms with van der Waals surface area (Å²) in [6, 6.07) is 8.28. The van der Waals surface area contributed by atoms with Crippen molar-refractivity contribution in [2.24, 2.45) is 13.0 Å². The van der Waals surface area contributed by atoms with Crippen LogP contribution >= 0.6 is 11.3 Å². The van der Waals surface area contributed by atoms with Crippen molar-refractivity contribution >= 4 is 17.2 Å². The van der Waals surface area contributed by atoms with Gasteiger partial charge in [-0.05, 0) is 42.8 Å². The Morgan fingerprint density at radius 1 is 1.32 bits per heavy atom. The Hall–Kier alpha value is -1.81. The Kier molecular flexibility index (Phi) is 4.78. The fourth-order valence-corrected chi connectivity index (χ4v) is 3.65. The van der Waals surface area contributed by atoms with Crippen LogP contribution in [0.1, 0.15) is 29.8 Å². The van der Waals surface area contributed by atoms with Gasteiger partial charge in [0.2, 0.25) is 5.91 Å². The van der Waals surface area contributed by atoms with E-state index in [2.05, 4.69) is 40.3 Å². The second kappa shape index (κ2) is 6.97. The van der Waals surface area contributed by atoms with Crippen molar-refractivity contribution in [1.82, 2.24) is 9.47 Å². The highest BCUT2D eigenvalue weighted by Crippen LogP contribution is 2.24.